The van der Waals surface area contributed by atoms with Gasteiger partial charge in [0.15, 0.2) is 0 Å². The maximum Gasteiger partial charge on any atom is 0.407 e. The Hall–Kier alpha value is -1.55. The van der Waals surface area contributed by atoms with Gasteiger partial charge in [0.25, 0.3) is 0 Å². The molecule has 0 aliphatic rings. The summed E-state index contributed by atoms with van der Waals surface area (Å²) in [6, 6.07) is 9.60. The molecule has 17 heavy (non-hydrogen) atoms. The van der Waals surface area contributed by atoms with Crippen molar-refractivity contribution in [1.29, 1.82) is 0 Å². The van der Waals surface area contributed by atoms with Crippen molar-refractivity contribution in [3.8, 4) is 0 Å². The van der Waals surface area contributed by atoms with Crippen LogP contribution >= 0.6 is 0 Å². The summed E-state index contributed by atoms with van der Waals surface area (Å²) in [5.41, 5.74) is 6.41. The summed E-state index contributed by atoms with van der Waals surface area (Å²) in [6.45, 7) is 3.59. The fourth-order valence-electron chi connectivity index (χ4n) is 1.42. The highest BCUT2D eigenvalue weighted by molar-refractivity contribution is 5.67. The van der Waals surface area contributed by atoms with Gasteiger partial charge in [-0.3, -0.25) is 0 Å². The highest BCUT2D eigenvalue weighted by Crippen LogP contribution is 2.01. The number of carbonyl (C=O) groups excluding carboxylic acids is 1. The number of nitrogens with two attached hydrogens (primary N) is 1. The van der Waals surface area contributed by atoms with Gasteiger partial charge in [0.05, 0.1) is 0 Å². The molecule has 0 fully saturated rings. The maximum absolute atomic E-state index is 11.4. The summed E-state index contributed by atoms with van der Waals surface area (Å²) >= 11 is 0. The van der Waals surface area contributed by atoms with Crippen molar-refractivity contribution in [2.45, 2.75) is 20.0 Å². The van der Waals surface area contributed by atoms with Gasteiger partial charge >= 0.3 is 6.09 Å². The van der Waals surface area contributed by atoms with Crippen LogP contribution in [-0.2, 0) is 11.3 Å². The molecule has 0 aliphatic carbocycles. The highest BCUT2D eigenvalue weighted by Gasteiger charge is 2.05. The van der Waals surface area contributed by atoms with Crippen LogP contribution < -0.4 is 11.1 Å². The van der Waals surface area contributed by atoms with Gasteiger partial charge in [0.1, 0.15) is 6.61 Å². The quantitative estimate of drug-likeness (QED) is 0.792. The number of rotatable bonds is 6. The molecule has 0 aliphatic heterocycles. The van der Waals surface area contributed by atoms with E-state index in [0.717, 1.165) is 12.0 Å². The van der Waals surface area contributed by atoms with E-state index >= 15 is 0 Å². The zero-order chi connectivity index (χ0) is 12.5. The molecule has 94 valence electrons. The smallest absolute Gasteiger partial charge is 0.407 e. The van der Waals surface area contributed by atoms with Crippen LogP contribution in [0.2, 0.25) is 0 Å². The van der Waals surface area contributed by atoms with Crippen LogP contribution in [0.3, 0.4) is 0 Å². The third-order valence-corrected chi connectivity index (χ3v) is 2.47. The Morgan fingerprint density at radius 1 is 1.41 bits per heavy atom. The Labute approximate surface area is 102 Å². The second-order valence-electron chi connectivity index (χ2n) is 4.13. The van der Waals surface area contributed by atoms with Gasteiger partial charge in [0.2, 0.25) is 0 Å². The van der Waals surface area contributed by atoms with Crippen LogP contribution in [0.15, 0.2) is 30.3 Å². The number of hydrogen-bond donors (Lipinski definition) is 2. The zero-order valence-corrected chi connectivity index (χ0v) is 10.2. The number of carbonyl (C=O) groups is 1. The third-order valence-electron chi connectivity index (χ3n) is 2.47. The molecule has 0 heterocycles. The number of benzene rings is 1. The molecule has 0 aromatic heterocycles. The largest absolute Gasteiger partial charge is 0.445 e. The lowest BCUT2D eigenvalue weighted by Gasteiger charge is -2.11. The van der Waals surface area contributed by atoms with Crippen LogP contribution in [0.1, 0.15) is 18.9 Å². The van der Waals surface area contributed by atoms with E-state index in [2.05, 4.69) is 5.32 Å². The summed E-state index contributed by atoms with van der Waals surface area (Å²) in [6.07, 6.45) is 0.525. The van der Waals surface area contributed by atoms with Gasteiger partial charge in [-0.2, -0.15) is 0 Å². The van der Waals surface area contributed by atoms with Crippen LogP contribution in [0.5, 0.6) is 0 Å². The molecule has 0 spiro atoms. The summed E-state index contributed by atoms with van der Waals surface area (Å²) in [4.78, 5) is 11.4. The van der Waals surface area contributed by atoms with Gasteiger partial charge in [-0.1, -0.05) is 37.3 Å². The van der Waals surface area contributed by atoms with Crippen molar-refractivity contribution in [2.75, 3.05) is 13.1 Å². The summed E-state index contributed by atoms with van der Waals surface area (Å²) in [7, 11) is 0. The van der Waals surface area contributed by atoms with Crippen molar-refractivity contribution in [3.05, 3.63) is 35.9 Å². The van der Waals surface area contributed by atoms with E-state index < -0.39 is 0 Å². The molecule has 3 N–H and O–H groups in total. The van der Waals surface area contributed by atoms with Crippen LogP contribution in [-0.4, -0.2) is 19.2 Å². The first-order chi connectivity index (χ1) is 8.22. The predicted octanol–water partition coefficient (Wildman–Crippen LogP) is 1.90. The first-order valence-corrected chi connectivity index (χ1v) is 5.87. The van der Waals surface area contributed by atoms with Crippen molar-refractivity contribution in [1.82, 2.24) is 5.32 Å². The first-order valence-electron chi connectivity index (χ1n) is 5.87. The summed E-state index contributed by atoms with van der Waals surface area (Å²) in [5, 5.41) is 2.72. The molecule has 0 radical (unpaired) electrons. The lowest BCUT2D eigenvalue weighted by Crippen LogP contribution is -2.29. The average Bonchev–Trinajstić information content (AvgIpc) is 2.35. The van der Waals surface area contributed by atoms with Crippen LogP contribution in [0.4, 0.5) is 4.79 Å². The minimum atomic E-state index is -0.377. The first kappa shape index (κ1) is 13.5. The summed E-state index contributed by atoms with van der Waals surface area (Å²) < 4.78 is 5.08. The Morgan fingerprint density at radius 3 is 2.76 bits per heavy atom. The van der Waals surface area contributed by atoms with Crippen molar-refractivity contribution in [3.63, 3.8) is 0 Å². The van der Waals surface area contributed by atoms with Crippen molar-refractivity contribution < 1.29 is 9.53 Å². The zero-order valence-electron chi connectivity index (χ0n) is 10.2. The Bertz CT molecular complexity index is 327. The molecule has 1 aromatic carbocycles. The van der Waals surface area contributed by atoms with E-state index in [0.29, 0.717) is 25.6 Å². The average molecular weight is 236 g/mol. The number of hydrogen-bond acceptors (Lipinski definition) is 3. The number of ether oxygens (including phenoxy) is 1. The number of amides is 1. The summed E-state index contributed by atoms with van der Waals surface area (Å²) in [5.74, 6) is 0.379. The van der Waals surface area contributed by atoms with Crippen LogP contribution in [0, 0.1) is 5.92 Å². The van der Waals surface area contributed by atoms with Crippen molar-refractivity contribution >= 4 is 6.09 Å². The molecule has 1 aromatic rings. The number of nitrogens with one attached hydrogen (secondary N) is 1. The van der Waals surface area contributed by atoms with Gasteiger partial charge in [0, 0.05) is 6.54 Å². The van der Waals surface area contributed by atoms with E-state index in [1.54, 1.807) is 0 Å². The standard InChI is InChI=1S/C13H20N2O2/c1-11(7-8-14)9-15-13(16)17-10-12-5-3-2-4-6-12/h2-6,11H,7-10,14H2,1H3,(H,15,16). The topological polar surface area (TPSA) is 64.3 Å². The molecule has 1 unspecified atom stereocenters. The molecule has 0 saturated carbocycles. The molecule has 0 saturated heterocycles. The number of alkyl carbamates (subject to hydrolysis) is 1. The highest BCUT2D eigenvalue weighted by atomic mass is 16.5. The van der Waals surface area contributed by atoms with Gasteiger partial charge in [-0.25, -0.2) is 4.79 Å². The van der Waals surface area contributed by atoms with Gasteiger partial charge in [-0.05, 0) is 24.4 Å². The molecule has 4 nitrogen and oxygen atoms in total. The molecule has 0 bridgehead atoms. The van der Waals surface area contributed by atoms with E-state index in [4.69, 9.17) is 10.5 Å². The van der Waals surface area contributed by atoms with Gasteiger partial charge < -0.3 is 15.8 Å². The molecular formula is C13H20N2O2. The fraction of sp³-hybridized carbons (Fsp3) is 0.462. The normalized spacial score (nSPS) is 11.9. The van der Waals surface area contributed by atoms with Crippen LogP contribution in [0.25, 0.3) is 0 Å². The van der Waals surface area contributed by atoms with E-state index in [9.17, 15) is 4.79 Å². The van der Waals surface area contributed by atoms with E-state index in [1.807, 2.05) is 37.3 Å². The second kappa shape index (κ2) is 7.68. The SMILES string of the molecule is CC(CCN)CNC(=O)OCc1ccccc1. The molecule has 1 amide bonds. The van der Waals surface area contributed by atoms with Gasteiger partial charge in [-0.15, -0.1) is 0 Å². The Kier molecular flexibility index (Phi) is 6.10. The van der Waals surface area contributed by atoms with E-state index in [1.165, 1.54) is 0 Å². The second-order valence-corrected chi connectivity index (χ2v) is 4.13. The molecule has 1 rings (SSSR count). The minimum absolute atomic E-state index is 0.304. The molecule has 1 atom stereocenters. The maximum atomic E-state index is 11.4. The minimum Gasteiger partial charge on any atom is -0.445 e. The fourth-order valence-corrected chi connectivity index (χ4v) is 1.42. The Morgan fingerprint density at radius 2 is 2.12 bits per heavy atom. The monoisotopic (exact) mass is 236 g/mol. The predicted molar refractivity (Wildman–Crippen MR) is 67.5 cm³/mol. The third kappa shape index (κ3) is 5.92. The van der Waals surface area contributed by atoms with Crippen molar-refractivity contribution in [2.24, 2.45) is 11.7 Å². The lowest BCUT2D eigenvalue weighted by atomic mass is 10.1. The van der Waals surface area contributed by atoms with E-state index in [-0.39, 0.29) is 6.09 Å². The Balaban J connectivity index is 2.17. The molecule has 4 heteroatoms. The lowest BCUT2D eigenvalue weighted by molar-refractivity contribution is 0.138. The molecular weight excluding hydrogens is 216 g/mol.